The van der Waals surface area contributed by atoms with Crippen molar-refractivity contribution in [2.75, 3.05) is 19.8 Å². The number of ether oxygens (including phenoxy) is 1. The summed E-state index contributed by atoms with van der Waals surface area (Å²) in [4.78, 5) is 9.19. The predicted molar refractivity (Wildman–Crippen MR) is 76.2 cm³/mol. The van der Waals surface area contributed by atoms with E-state index < -0.39 is 0 Å². The van der Waals surface area contributed by atoms with Crippen LogP contribution in [0.15, 0.2) is 12.3 Å². The second-order valence-corrected chi connectivity index (χ2v) is 5.03. The smallest absolute Gasteiger partial charge is 0.160 e. The first-order valence-electron chi connectivity index (χ1n) is 6.74. The highest BCUT2D eigenvalue weighted by Crippen LogP contribution is 2.20. The lowest BCUT2D eigenvalue weighted by Crippen LogP contribution is -2.14. The van der Waals surface area contributed by atoms with Gasteiger partial charge in [-0.05, 0) is 18.6 Å². The predicted octanol–water partition coefficient (Wildman–Crippen LogP) is 1.84. The molecular weight excluding hydrogens is 240 g/mol. The Labute approximate surface area is 113 Å². The molecule has 2 heterocycles. The van der Waals surface area contributed by atoms with Crippen molar-refractivity contribution in [2.24, 2.45) is 5.73 Å². The molecule has 104 valence electrons. The van der Waals surface area contributed by atoms with Crippen LogP contribution in [0.4, 0.5) is 0 Å². The fourth-order valence-electron chi connectivity index (χ4n) is 2.13. The number of nitrogens with two attached hydrogens (primary N) is 1. The maximum atomic E-state index is 5.46. The van der Waals surface area contributed by atoms with Gasteiger partial charge in [0.2, 0.25) is 0 Å². The summed E-state index contributed by atoms with van der Waals surface area (Å²) in [5.41, 5.74) is 8.44. The summed E-state index contributed by atoms with van der Waals surface area (Å²) in [6.07, 6.45) is 1.88. The van der Waals surface area contributed by atoms with Gasteiger partial charge < -0.3 is 15.0 Å². The molecule has 0 aromatic carbocycles. The third kappa shape index (κ3) is 3.11. The van der Waals surface area contributed by atoms with Gasteiger partial charge in [-0.15, -0.1) is 0 Å². The van der Waals surface area contributed by atoms with Crippen LogP contribution in [0.25, 0.3) is 11.2 Å². The summed E-state index contributed by atoms with van der Waals surface area (Å²) >= 11 is 0. The van der Waals surface area contributed by atoms with E-state index in [1.807, 2.05) is 13.1 Å². The van der Waals surface area contributed by atoms with Crippen molar-refractivity contribution in [3.8, 4) is 0 Å². The number of nitrogens with zero attached hydrogens (tertiary/aromatic N) is 3. The summed E-state index contributed by atoms with van der Waals surface area (Å²) in [6, 6.07) is 2.07. The molecule has 0 radical (unpaired) electrons. The zero-order valence-corrected chi connectivity index (χ0v) is 11.9. The second kappa shape index (κ2) is 6.12. The maximum Gasteiger partial charge on any atom is 0.160 e. The van der Waals surface area contributed by atoms with Crippen LogP contribution in [0.3, 0.4) is 0 Å². The van der Waals surface area contributed by atoms with Crippen LogP contribution in [-0.4, -0.2) is 34.3 Å². The Morgan fingerprint density at radius 3 is 2.84 bits per heavy atom. The Hall–Kier alpha value is -1.46. The molecule has 2 N–H and O–H groups in total. The molecule has 19 heavy (non-hydrogen) atoms. The van der Waals surface area contributed by atoms with Gasteiger partial charge in [0.05, 0.1) is 13.2 Å². The van der Waals surface area contributed by atoms with E-state index >= 15 is 0 Å². The van der Waals surface area contributed by atoms with Crippen molar-refractivity contribution in [3.63, 3.8) is 0 Å². The number of pyridine rings is 1. The third-order valence-corrected chi connectivity index (χ3v) is 2.99. The van der Waals surface area contributed by atoms with Gasteiger partial charge in [0.15, 0.2) is 5.65 Å². The summed E-state index contributed by atoms with van der Waals surface area (Å²) in [5.74, 6) is 1.42. The van der Waals surface area contributed by atoms with Crippen molar-refractivity contribution in [1.82, 2.24) is 14.5 Å². The molecule has 0 fully saturated rings. The quantitative estimate of drug-likeness (QED) is 0.807. The van der Waals surface area contributed by atoms with E-state index in [0.717, 1.165) is 29.1 Å². The van der Waals surface area contributed by atoms with Gasteiger partial charge in [-0.3, -0.25) is 0 Å². The van der Waals surface area contributed by atoms with Crippen molar-refractivity contribution in [1.29, 1.82) is 0 Å². The highest BCUT2D eigenvalue weighted by Gasteiger charge is 2.14. The first kappa shape index (κ1) is 14.0. The molecule has 0 aliphatic heterocycles. The van der Waals surface area contributed by atoms with Crippen LogP contribution in [0.5, 0.6) is 0 Å². The molecule has 0 atom stereocenters. The van der Waals surface area contributed by atoms with Crippen LogP contribution < -0.4 is 5.73 Å². The third-order valence-electron chi connectivity index (χ3n) is 2.99. The van der Waals surface area contributed by atoms with Crippen molar-refractivity contribution in [3.05, 3.63) is 23.7 Å². The minimum absolute atomic E-state index is 0.365. The molecule has 0 aliphatic rings. The van der Waals surface area contributed by atoms with Gasteiger partial charge in [0, 0.05) is 25.2 Å². The fraction of sp³-hybridized carbons (Fsp3) is 0.571. The topological polar surface area (TPSA) is 66.0 Å². The van der Waals surface area contributed by atoms with Gasteiger partial charge in [-0.25, -0.2) is 9.97 Å². The summed E-state index contributed by atoms with van der Waals surface area (Å²) in [6.45, 7) is 8.87. The van der Waals surface area contributed by atoms with E-state index in [2.05, 4.69) is 29.5 Å². The molecular formula is C14H22N4O. The van der Waals surface area contributed by atoms with Crippen molar-refractivity contribution >= 4 is 11.2 Å². The van der Waals surface area contributed by atoms with Crippen LogP contribution >= 0.6 is 0 Å². The van der Waals surface area contributed by atoms with Crippen molar-refractivity contribution in [2.45, 2.75) is 33.2 Å². The second-order valence-electron chi connectivity index (χ2n) is 5.03. The van der Waals surface area contributed by atoms with Crippen molar-refractivity contribution < 1.29 is 4.74 Å². The largest absolute Gasteiger partial charge is 0.378 e. The summed E-state index contributed by atoms with van der Waals surface area (Å²) < 4.78 is 7.61. The van der Waals surface area contributed by atoms with Crippen LogP contribution in [0, 0.1) is 6.92 Å². The Kier molecular flexibility index (Phi) is 4.50. The molecule has 0 spiro atoms. The standard InChI is InChI=1S/C14H22N4O/c1-10(2)13-17-12-8-11(3)9-16-14(12)18(13)5-7-19-6-4-15/h8-10H,4-7,15H2,1-3H3. The van der Waals surface area contributed by atoms with Crippen LogP contribution in [0.2, 0.25) is 0 Å². The molecule has 2 aromatic rings. The normalized spacial score (nSPS) is 11.6. The average molecular weight is 262 g/mol. The Morgan fingerprint density at radius 1 is 1.37 bits per heavy atom. The van der Waals surface area contributed by atoms with Gasteiger partial charge in [-0.2, -0.15) is 0 Å². The summed E-state index contributed by atoms with van der Waals surface area (Å²) in [7, 11) is 0. The van der Waals surface area contributed by atoms with E-state index in [1.165, 1.54) is 0 Å². The van der Waals surface area contributed by atoms with Gasteiger partial charge in [0.25, 0.3) is 0 Å². The summed E-state index contributed by atoms with van der Waals surface area (Å²) in [5, 5.41) is 0. The Bertz CT molecular complexity index is 548. The molecule has 0 unspecified atom stereocenters. The van der Waals surface area contributed by atoms with E-state index in [1.54, 1.807) is 0 Å². The van der Waals surface area contributed by atoms with Gasteiger partial charge in [0.1, 0.15) is 11.3 Å². The lowest BCUT2D eigenvalue weighted by molar-refractivity contribution is 0.133. The molecule has 5 heteroatoms. The number of aryl methyl sites for hydroxylation is 1. The van der Waals surface area contributed by atoms with E-state index in [4.69, 9.17) is 15.5 Å². The van der Waals surface area contributed by atoms with Crippen LogP contribution in [0.1, 0.15) is 31.2 Å². The van der Waals surface area contributed by atoms with Gasteiger partial charge >= 0.3 is 0 Å². The average Bonchev–Trinajstić information content (AvgIpc) is 2.72. The molecule has 0 amide bonds. The first-order valence-corrected chi connectivity index (χ1v) is 6.74. The number of imidazole rings is 1. The molecule has 0 aliphatic carbocycles. The van der Waals surface area contributed by atoms with Crippen LogP contribution in [-0.2, 0) is 11.3 Å². The molecule has 2 aromatic heterocycles. The highest BCUT2D eigenvalue weighted by atomic mass is 16.5. The van der Waals surface area contributed by atoms with E-state index in [9.17, 15) is 0 Å². The number of fused-ring (bicyclic) bond motifs is 1. The SMILES string of the molecule is Cc1cnc2c(c1)nc(C(C)C)n2CCOCCN. The molecule has 5 nitrogen and oxygen atoms in total. The minimum Gasteiger partial charge on any atom is -0.378 e. The number of rotatable bonds is 6. The number of aromatic nitrogens is 3. The molecule has 2 rings (SSSR count). The fourth-order valence-corrected chi connectivity index (χ4v) is 2.13. The monoisotopic (exact) mass is 262 g/mol. The highest BCUT2D eigenvalue weighted by molar-refractivity contribution is 5.72. The van der Waals surface area contributed by atoms with E-state index in [0.29, 0.717) is 25.7 Å². The molecule has 0 bridgehead atoms. The zero-order chi connectivity index (χ0) is 13.8. The maximum absolute atomic E-state index is 5.46. The first-order chi connectivity index (χ1) is 9.13. The number of hydrogen-bond donors (Lipinski definition) is 1. The molecule has 0 saturated heterocycles. The van der Waals surface area contributed by atoms with Gasteiger partial charge in [-0.1, -0.05) is 13.8 Å². The zero-order valence-electron chi connectivity index (χ0n) is 11.9. The minimum atomic E-state index is 0.365. The lowest BCUT2D eigenvalue weighted by atomic mass is 10.2. The molecule has 0 saturated carbocycles. The lowest BCUT2D eigenvalue weighted by Gasteiger charge is -2.11. The number of hydrogen-bond acceptors (Lipinski definition) is 4. The van der Waals surface area contributed by atoms with E-state index in [-0.39, 0.29) is 0 Å². The Balaban J connectivity index is 2.30. The Morgan fingerprint density at radius 2 is 2.16 bits per heavy atom.